The molecule has 0 amide bonds. The highest BCUT2D eigenvalue weighted by Gasteiger charge is 2.45. The molecule has 3 rings (SSSR count). The Bertz CT molecular complexity index is 1000. The van der Waals surface area contributed by atoms with Gasteiger partial charge in [-0.3, -0.25) is 13.9 Å². The van der Waals surface area contributed by atoms with Crippen molar-refractivity contribution in [1.29, 1.82) is 0 Å². The minimum atomic E-state index is -4.79. The normalized spacial score (nSPS) is 23.6. The monoisotopic (exact) mass is 493 g/mol. The molecule has 0 bridgehead atoms. The van der Waals surface area contributed by atoms with E-state index in [1.54, 1.807) is 0 Å². The van der Waals surface area contributed by atoms with Gasteiger partial charge in [-0.15, -0.1) is 0 Å². The Morgan fingerprint density at radius 3 is 2.75 bits per heavy atom. The number of esters is 1. The predicted molar refractivity (Wildman–Crippen MR) is 111 cm³/mol. The van der Waals surface area contributed by atoms with Gasteiger partial charge in [0.15, 0.2) is 28.4 Å². The van der Waals surface area contributed by atoms with Crippen LogP contribution in [0, 0.1) is 0 Å². The highest BCUT2D eigenvalue weighted by Crippen LogP contribution is 2.39. The summed E-state index contributed by atoms with van der Waals surface area (Å²) >= 11 is 1.38. The number of aliphatic hydroxyl groups is 2. The van der Waals surface area contributed by atoms with E-state index in [4.69, 9.17) is 14.5 Å². The number of rotatable bonds is 10. The zero-order chi connectivity index (χ0) is 23.5. The molecule has 3 heterocycles. The number of phosphoric ester groups is 1. The molecule has 1 aliphatic rings. The Kier molecular flexibility index (Phi) is 8.06. The Balaban J connectivity index is 1.92. The summed E-state index contributed by atoms with van der Waals surface area (Å²) in [7, 11) is -3.53. The summed E-state index contributed by atoms with van der Waals surface area (Å²) in [5, 5.41) is 24.0. The average Bonchev–Trinajstić information content (AvgIpc) is 3.29. The van der Waals surface area contributed by atoms with Gasteiger partial charge in [0, 0.05) is 5.75 Å². The summed E-state index contributed by atoms with van der Waals surface area (Å²) in [5.74, 6) is 0.496. The fourth-order valence-electron chi connectivity index (χ4n) is 2.96. The second-order valence-corrected chi connectivity index (χ2v) is 9.09. The van der Waals surface area contributed by atoms with Gasteiger partial charge in [0.1, 0.15) is 24.9 Å². The third-order valence-corrected chi connectivity index (χ3v) is 6.02. The number of thioether (sulfide) groups is 1. The van der Waals surface area contributed by atoms with Crippen molar-refractivity contribution in [3.63, 3.8) is 0 Å². The minimum Gasteiger partial charge on any atom is -0.468 e. The van der Waals surface area contributed by atoms with E-state index in [1.807, 2.05) is 6.92 Å². The molecule has 16 heteroatoms. The van der Waals surface area contributed by atoms with Crippen molar-refractivity contribution in [3.8, 4) is 0 Å². The molecule has 0 aromatic carbocycles. The van der Waals surface area contributed by atoms with E-state index < -0.39 is 44.9 Å². The van der Waals surface area contributed by atoms with Crippen LogP contribution in [0.25, 0.3) is 11.2 Å². The average molecular weight is 493 g/mol. The number of carbonyl (C=O) groups is 1. The van der Waals surface area contributed by atoms with E-state index in [-0.39, 0.29) is 23.5 Å². The first-order valence-corrected chi connectivity index (χ1v) is 12.1. The number of hydrogen-bond acceptors (Lipinski definition) is 12. The number of carbonyl (C=O) groups excluding carboxylic acids is 1. The summed E-state index contributed by atoms with van der Waals surface area (Å²) < 4.78 is 27.0. The number of imidazole rings is 1. The third kappa shape index (κ3) is 5.74. The maximum atomic E-state index is 11.5. The molecule has 5 N–H and O–H groups in total. The Labute approximate surface area is 186 Å². The van der Waals surface area contributed by atoms with Crippen LogP contribution in [0.2, 0.25) is 0 Å². The molecule has 178 valence electrons. The molecule has 1 saturated heterocycles. The number of nitrogens with zero attached hydrogens (tertiary/aromatic N) is 4. The molecule has 0 saturated carbocycles. The number of hydrogen-bond donors (Lipinski definition) is 5. The molecular weight excluding hydrogens is 469 g/mol. The van der Waals surface area contributed by atoms with E-state index in [0.717, 1.165) is 12.2 Å². The van der Waals surface area contributed by atoms with Crippen molar-refractivity contribution in [2.75, 3.05) is 31.3 Å². The molecule has 2 aromatic rings. The van der Waals surface area contributed by atoms with Crippen molar-refractivity contribution in [3.05, 3.63) is 6.33 Å². The van der Waals surface area contributed by atoms with Gasteiger partial charge in [0.25, 0.3) is 0 Å². The van der Waals surface area contributed by atoms with Crippen molar-refractivity contribution < 1.29 is 43.4 Å². The zero-order valence-electron chi connectivity index (χ0n) is 17.2. The van der Waals surface area contributed by atoms with Gasteiger partial charge in [-0.1, -0.05) is 18.7 Å². The summed E-state index contributed by atoms with van der Waals surface area (Å²) in [6.07, 6.45) is -3.10. The first-order chi connectivity index (χ1) is 15.1. The molecular formula is C16H24N5O9PS. The minimum absolute atomic E-state index is 0.156. The molecule has 0 spiro atoms. The van der Waals surface area contributed by atoms with Crippen LogP contribution in [0.3, 0.4) is 0 Å². The van der Waals surface area contributed by atoms with Gasteiger partial charge in [0.2, 0.25) is 0 Å². The fourth-order valence-corrected chi connectivity index (χ4v) is 3.99. The second kappa shape index (κ2) is 10.4. The van der Waals surface area contributed by atoms with Crippen molar-refractivity contribution in [2.24, 2.45) is 0 Å². The fraction of sp³-hybridized carbons (Fsp3) is 0.625. The zero-order valence-corrected chi connectivity index (χ0v) is 18.9. The molecule has 0 unspecified atom stereocenters. The van der Waals surface area contributed by atoms with Crippen LogP contribution in [-0.4, -0.2) is 89.8 Å². The van der Waals surface area contributed by atoms with Crippen LogP contribution < -0.4 is 5.32 Å². The summed E-state index contributed by atoms with van der Waals surface area (Å²) in [5.41, 5.74) is 0.550. The summed E-state index contributed by atoms with van der Waals surface area (Å²) in [6, 6.07) is 0. The first-order valence-electron chi connectivity index (χ1n) is 9.54. The maximum absolute atomic E-state index is 11.5. The van der Waals surface area contributed by atoms with E-state index in [2.05, 4.69) is 29.5 Å². The quantitative estimate of drug-likeness (QED) is 0.124. The van der Waals surface area contributed by atoms with Crippen molar-refractivity contribution in [1.82, 2.24) is 19.5 Å². The van der Waals surface area contributed by atoms with Crippen LogP contribution in [0.5, 0.6) is 0 Å². The highest BCUT2D eigenvalue weighted by molar-refractivity contribution is 7.99. The molecule has 0 radical (unpaired) electrons. The van der Waals surface area contributed by atoms with Crippen LogP contribution in [0.4, 0.5) is 5.82 Å². The van der Waals surface area contributed by atoms with Gasteiger partial charge >= 0.3 is 13.8 Å². The molecule has 14 nitrogen and oxygen atoms in total. The van der Waals surface area contributed by atoms with Crippen LogP contribution in [0.15, 0.2) is 11.5 Å². The Morgan fingerprint density at radius 2 is 2.09 bits per heavy atom. The number of ether oxygens (including phenoxy) is 2. The largest absolute Gasteiger partial charge is 0.469 e. The Morgan fingerprint density at radius 1 is 1.34 bits per heavy atom. The Hall–Kier alpha value is -1.84. The van der Waals surface area contributed by atoms with Gasteiger partial charge in [-0.25, -0.2) is 19.5 Å². The highest BCUT2D eigenvalue weighted by atomic mass is 32.2. The maximum Gasteiger partial charge on any atom is 0.469 e. The van der Waals surface area contributed by atoms with Gasteiger partial charge in [0.05, 0.1) is 20.0 Å². The van der Waals surface area contributed by atoms with Gasteiger partial charge in [-0.05, 0) is 6.42 Å². The lowest BCUT2D eigenvalue weighted by Crippen LogP contribution is -2.33. The molecule has 4 atom stereocenters. The van der Waals surface area contributed by atoms with E-state index in [9.17, 15) is 19.6 Å². The number of aromatic nitrogens is 4. The number of aliphatic hydroxyl groups excluding tert-OH is 2. The van der Waals surface area contributed by atoms with E-state index in [0.29, 0.717) is 5.16 Å². The lowest BCUT2D eigenvalue weighted by atomic mass is 10.1. The number of methoxy groups -OCH3 is 1. The van der Waals surface area contributed by atoms with Crippen LogP contribution >= 0.6 is 19.6 Å². The second-order valence-electron chi connectivity index (χ2n) is 6.79. The number of fused-ring (bicyclic) bond motifs is 1. The molecule has 1 fully saturated rings. The third-order valence-electron chi connectivity index (χ3n) is 4.48. The SMILES string of the molecule is CCCSc1nc(NCC(=O)OC)c2ncn([C@@H]3O[C@H](COP(=O)(O)O)[C@@H](O)[C@H]3O)c2n1. The van der Waals surface area contributed by atoms with Gasteiger partial charge < -0.3 is 34.8 Å². The molecule has 0 aliphatic carbocycles. The smallest absolute Gasteiger partial charge is 0.468 e. The van der Waals surface area contributed by atoms with E-state index >= 15 is 0 Å². The van der Waals surface area contributed by atoms with Crippen LogP contribution in [-0.2, 0) is 23.4 Å². The molecule has 1 aliphatic heterocycles. The van der Waals surface area contributed by atoms with Crippen molar-refractivity contribution >= 4 is 42.5 Å². The van der Waals surface area contributed by atoms with Gasteiger partial charge in [-0.2, -0.15) is 0 Å². The van der Waals surface area contributed by atoms with E-state index in [1.165, 1.54) is 29.8 Å². The lowest BCUT2D eigenvalue weighted by Gasteiger charge is -2.17. The topological polar surface area (TPSA) is 198 Å². The number of anilines is 1. The summed E-state index contributed by atoms with van der Waals surface area (Å²) in [4.78, 5) is 42.4. The lowest BCUT2D eigenvalue weighted by molar-refractivity contribution is -0.138. The molecule has 32 heavy (non-hydrogen) atoms. The molecule has 2 aromatic heterocycles. The summed E-state index contributed by atoms with van der Waals surface area (Å²) in [6.45, 7) is 1.21. The number of nitrogens with one attached hydrogen (secondary N) is 1. The van der Waals surface area contributed by atoms with Crippen molar-refractivity contribution in [2.45, 2.75) is 43.0 Å². The predicted octanol–water partition coefficient (Wildman–Crippen LogP) is -0.358. The first kappa shape index (κ1) is 24.8. The standard InChI is InChI=1S/C16H24N5O9PS/c1-3-4-32-16-19-13(17-5-9(22)28-2)10-14(20-16)21(7-18-10)15-12(24)11(23)8(30-15)6-29-31(25,26)27/h7-8,11-12,15,23-24H,3-6H2,1-2H3,(H,17,19,20)(H2,25,26,27)/t8-,11-,12-,15-/m1/s1. The van der Waals surface area contributed by atoms with Crippen LogP contribution in [0.1, 0.15) is 19.6 Å². The number of phosphoric acid groups is 1.